The molecule has 4 rings (SSSR count). The zero-order valence-electron chi connectivity index (χ0n) is 19.8. The lowest BCUT2D eigenvalue weighted by molar-refractivity contribution is -0.141. The number of benzene rings is 1. The number of aryl methyl sites for hydroxylation is 1. The number of aliphatic hydroxyl groups is 3. The molecule has 34 heavy (non-hydrogen) atoms. The highest BCUT2D eigenvalue weighted by Gasteiger charge is 2.49. The second-order valence-corrected chi connectivity index (χ2v) is 9.31. The topological polar surface area (TPSA) is 142 Å². The molecule has 11 heteroatoms. The van der Waals surface area contributed by atoms with Crippen LogP contribution in [0.1, 0.15) is 31.2 Å². The third-order valence-electron chi connectivity index (χ3n) is 6.97. The molecule has 0 aliphatic carbocycles. The summed E-state index contributed by atoms with van der Waals surface area (Å²) in [5, 5.41) is 37.5. The summed E-state index contributed by atoms with van der Waals surface area (Å²) in [7, 11) is 1.57. The van der Waals surface area contributed by atoms with Gasteiger partial charge in [0.25, 0.3) is 5.91 Å². The standard InChI is InChI=1S/C23H32N4O7/c1-13(29)23(3)12-27(21(31)18(30)11-28)10-17(23)15-5-6-19(32-4)20(7-15)34-16-8-26(9-16)22-25-24-14(2)33-22/h5-7,13,16-18,28-30H,8-12H2,1-4H3/t13?,17-,18?,23-/m0/s1. The van der Waals surface area contributed by atoms with E-state index in [0.717, 1.165) is 5.56 Å². The van der Waals surface area contributed by atoms with E-state index in [1.807, 2.05) is 30.0 Å². The lowest BCUT2D eigenvalue weighted by atomic mass is 9.72. The van der Waals surface area contributed by atoms with Crippen molar-refractivity contribution in [1.29, 1.82) is 0 Å². The summed E-state index contributed by atoms with van der Waals surface area (Å²) >= 11 is 0. The summed E-state index contributed by atoms with van der Waals surface area (Å²) in [6.45, 7) is 6.45. The molecule has 2 saturated heterocycles. The van der Waals surface area contributed by atoms with Gasteiger partial charge in [-0.1, -0.05) is 18.1 Å². The summed E-state index contributed by atoms with van der Waals surface area (Å²) in [6, 6.07) is 6.08. The Labute approximate surface area is 197 Å². The van der Waals surface area contributed by atoms with Crippen LogP contribution in [0.2, 0.25) is 0 Å². The second-order valence-electron chi connectivity index (χ2n) is 9.31. The predicted octanol–water partition coefficient (Wildman–Crippen LogP) is 0.320. The zero-order chi connectivity index (χ0) is 24.6. The molecule has 2 aliphatic heterocycles. The van der Waals surface area contributed by atoms with E-state index >= 15 is 0 Å². The van der Waals surface area contributed by atoms with Gasteiger partial charge < -0.3 is 39.0 Å². The minimum absolute atomic E-state index is 0.0964. The number of ether oxygens (including phenoxy) is 2. The second kappa shape index (κ2) is 9.40. The van der Waals surface area contributed by atoms with Crippen LogP contribution in [0.15, 0.2) is 22.6 Å². The van der Waals surface area contributed by atoms with Crippen molar-refractivity contribution in [1.82, 2.24) is 15.1 Å². The van der Waals surface area contributed by atoms with Crippen molar-refractivity contribution in [3.8, 4) is 11.5 Å². The largest absolute Gasteiger partial charge is 0.493 e. The molecule has 2 fully saturated rings. The van der Waals surface area contributed by atoms with Gasteiger partial charge in [0, 0.05) is 31.3 Å². The van der Waals surface area contributed by atoms with E-state index in [1.54, 1.807) is 21.0 Å². The number of rotatable bonds is 8. The Bertz CT molecular complexity index is 1020. The highest BCUT2D eigenvalue weighted by Crippen LogP contribution is 2.47. The fraction of sp³-hybridized carbons (Fsp3) is 0.609. The maximum Gasteiger partial charge on any atom is 0.318 e. The van der Waals surface area contributed by atoms with Crippen molar-refractivity contribution in [3.05, 3.63) is 29.7 Å². The van der Waals surface area contributed by atoms with E-state index < -0.39 is 30.1 Å². The molecule has 0 bridgehead atoms. The average Bonchev–Trinajstić information content (AvgIpc) is 3.38. The van der Waals surface area contributed by atoms with Gasteiger partial charge in [0.1, 0.15) is 6.10 Å². The molecule has 1 amide bonds. The van der Waals surface area contributed by atoms with Gasteiger partial charge in [-0.25, -0.2) is 0 Å². The van der Waals surface area contributed by atoms with Crippen molar-refractivity contribution in [2.75, 3.05) is 44.8 Å². The molecule has 186 valence electrons. The van der Waals surface area contributed by atoms with Gasteiger partial charge in [-0.15, -0.1) is 5.10 Å². The molecule has 0 spiro atoms. The van der Waals surface area contributed by atoms with Gasteiger partial charge in [0.15, 0.2) is 17.6 Å². The quantitative estimate of drug-likeness (QED) is 0.488. The average molecular weight is 477 g/mol. The third kappa shape index (κ3) is 4.42. The van der Waals surface area contributed by atoms with Gasteiger partial charge in [0.2, 0.25) is 5.89 Å². The lowest BCUT2D eigenvalue weighted by Crippen LogP contribution is -2.54. The van der Waals surface area contributed by atoms with Crippen LogP contribution < -0.4 is 14.4 Å². The van der Waals surface area contributed by atoms with Crippen LogP contribution in [-0.2, 0) is 4.79 Å². The minimum atomic E-state index is -1.48. The fourth-order valence-corrected chi connectivity index (χ4v) is 4.65. The first-order valence-electron chi connectivity index (χ1n) is 11.3. The first kappa shape index (κ1) is 24.2. The molecule has 0 radical (unpaired) electrons. The number of methoxy groups -OCH3 is 1. The Hall–Kier alpha value is -2.89. The van der Waals surface area contributed by atoms with E-state index in [0.29, 0.717) is 43.0 Å². The van der Waals surface area contributed by atoms with Crippen molar-refractivity contribution in [2.45, 2.75) is 45.0 Å². The molecule has 3 heterocycles. The smallest absolute Gasteiger partial charge is 0.318 e. The summed E-state index contributed by atoms with van der Waals surface area (Å²) in [5.41, 5.74) is 0.233. The molecule has 2 unspecified atom stereocenters. The molecule has 3 N–H and O–H groups in total. The van der Waals surface area contributed by atoms with Crippen molar-refractivity contribution in [3.63, 3.8) is 0 Å². The number of hydrogen-bond acceptors (Lipinski definition) is 10. The van der Waals surface area contributed by atoms with Crippen LogP contribution in [0.3, 0.4) is 0 Å². The number of anilines is 1. The fourth-order valence-electron chi connectivity index (χ4n) is 4.65. The number of aromatic nitrogens is 2. The first-order valence-corrected chi connectivity index (χ1v) is 11.3. The zero-order valence-corrected chi connectivity index (χ0v) is 19.8. The van der Waals surface area contributed by atoms with Gasteiger partial charge >= 0.3 is 6.01 Å². The monoisotopic (exact) mass is 476 g/mol. The predicted molar refractivity (Wildman–Crippen MR) is 121 cm³/mol. The molecule has 2 aromatic rings. The van der Waals surface area contributed by atoms with E-state index in [1.165, 1.54) is 4.90 Å². The normalized spacial score (nSPS) is 24.6. The van der Waals surface area contributed by atoms with Crippen LogP contribution in [0.4, 0.5) is 6.01 Å². The molecule has 1 aromatic carbocycles. The lowest BCUT2D eigenvalue weighted by Gasteiger charge is -2.38. The first-order chi connectivity index (χ1) is 16.2. The van der Waals surface area contributed by atoms with E-state index in [2.05, 4.69) is 10.2 Å². The summed E-state index contributed by atoms with van der Waals surface area (Å²) in [4.78, 5) is 16.0. The summed E-state index contributed by atoms with van der Waals surface area (Å²) < 4.78 is 17.2. The van der Waals surface area contributed by atoms with Crippen molar-refractivity contribution < 1.29 is 34.0 Å². The van der Waals surface area contributed by atoms with Crippen molar-refractivity contribution in [2.24, 2.45) is 5.41 Å². The number of amides is 1. The minimum Gasteiger partial charge on any atom is -0.493 e. The van der Waals surface area contributed by atoms with E-state index in [9.17, 15) is 20.1 Å². The van der Waals surface area contributed by atoms with Crippen LogP contribution >= 0.6 is 0 Å². The Balaban J connectivity index is 1.53. The maximum absolute atomic E-state index is 12.5. The van der Waals surface area contributed by atoms with Crippen LogP contribution in [0.25, 0.3) is 0 Å². The number of nitrogens with zero attached hydrogens (tertiary/aromatic N) is 4. The SMILES string of the molecule is COc1ccc([C@@H]2CN(C(=O)C(O)CO)C[C@@]2(C)C(C)O)cc1OC1CN(c2nnc(C)o2)C1. The number of carbonyl (C=O) groups excluding carboxylic acids is 1. The maximum atomic E-state index is 12.5. The van der Waals surface area contributed by atoms with Crippen LogP contribution in [-0.4, -0.2) is 94.5 Å². The van der Waals surface area contributed by atoms with Gasteiger partial charge in [-0.05, 0) is 24.6 Å². The van der Waals surface area contributed by atoms with Gasteiger partial charge in [-0.2, -0.15) is 0 Å². The van der Waals surface area contributed by atoms with Crippen LogP contribution in [0.5, 0.6) is 11.5 Å². The Morgan fingerprint density at radius 1 is 1.26 bits per heavy atom. The number of hydrogen-bond donors (Lipinski definition) is 3. The molecule has 0 saturated carbocycles. The Morgan fingerprint density at radius 2 is 2.00 bits per heavy atom. The van der Waals surface area contributed by atoms with Gasteiger partial charge in [0.05, 0.1) is 32.9 Å². The van der Waals surface area contributed by atoms with E-state index in [4.69, 9.17) is 13.9 Å². The highest BCUT2D eigenvalue weighted by molar-refractivity contribution is 5.81. The van der Waals surface area contributed by atoms with E-state index in [-0.39, 0.29) is 18.6 Å². The summed E-state index contributed by atoms with van der Waals surface area (Å²) in [5.74, 6) is 0.892. The molecule has 11 nitrogen and oxygen atoms in total. The molecule has 4 atom stereocenters. The molecular formula is C23H32N4O7. The molecule has 2 aliphatic rings. The number of carbonyl (C=O) groups is 1. The Morgan fingerprint density at radius 3 is 2.59 bits per heavy atom. The van der Waals surface area contributed by atoms with Crippen LogP contribution in [0, 0.1) is 12.3 Å². The molecular weight excluding hydrogens is 444 g/mol. The number of likely N-dealkylation sites (tertiary alicyclic amines) is 1. The molecule has 1 aromatic heterocycles. The number of aliphatic hydroxyl groups excluding tert-OH is 3. The summed E-state index contributed by atoms with van der Waals surface area (Å²) in [6.07, 6.45) is -2.29. The highest BCUT2D eigenvalue weighted by atomic mass is 16.5. The Kier molecular flexibility index (Phi) is 6.70. The third-order valence-corrected chi connectivity index (χ3v) is 6.97. The van der Waals surface area contributed by atoms with Crippen molar-refractivity contribution >= 4 is 11.9 Å². The van der Waals surface area contributed by atoms with Gasteiger partial charge in [-0.3, -0.25) is 4.79 Å².